The van der Waals surface area contributed by atoms with E-state index < -0.39 is 0 Å². The monoisotopic (exact) mass is 371 g/mol. The van der Waals surface area contributed by atoms with E-state index in [-0.39, 0.29) is 5.91 Å². The maximum absolute atomic E-state index is 12.3. The summed E-state index contributed by atoms with van der Waals surface area (Å²) in [6.45, 7) is 5.29. The number of hydrogen-bond acceptors (Lipinski definition) is 3. The van der Waals surface area contributed by atoms with Gasteiger partial charge in [-0.2, -0.15) is 0 Å². The summed E-state index contributed by atoms with van der Waals surface area (Å²) in [6, 6.07) is 11.1. The number of rotatable bonds is 5. The van der Waals surface area contributed by atoms with Gasteiger partial charge in [-0.15, -0.1) is 0 Å². The Kier molecular flexibility index (Phi) is 7.51. The lowest BCUT2D eigenvalue weighted by Gasteiger charge is -2.33. The number of amides is 1. The fourth-order valence-electron chi connectivity index (χ4n) is 3.88. The Morgan fingerprint density at radius 2 is 1.78 bits per heavy atom. The molecule has 1 aromatic carbocycles. The summed E-state index contributed by atoms with van der Waals surface area (Å²) in [4.78, 5) is 21.1. The van der Waals surface area contributed by atoms with Crippen molar-refractivity contribution in [3.63, 3.8) is 0 Å². The molecule has 0 bridgehead atoms. The largest absolute Gasteiger partial charge is 0.354 e. The molecular weight excluding hydrogens is 338 g/mol. The molecule has 148 valence electrons. The molecule has 2 heterocycles. The van der Waals surface area contributed by atoms with Gasteiger partial charge in [-0.25, -0.2) is 0 Å². The minimum Gasteiger partial charge on any atom is -0.354 e. The molecule has 0 unspecified atom stereocenters. The van der Waals surface area contributed by atoms with Gasteiger partial charge < -0.3 is 15.5 Å². The molecule has 2 fully saturated rings. The van der Waals surface area contributed by atoms with Crippen molar-refractivity contribution in [2.75, 3.05) is 39.8 Å². The predicted octanol–water partition coefficient (Wildman–Crippen LogP) is 1.83. The Labute approximate surface area is 163 Å². The molecule has 0 saturated carbocycles. The Hall–Kier alpha value is -2.08. The fraction of sp³-hybridized carbons (Fsp3) is 0.619. The molecule has 2 saturated heterocycles. The predicted molar refractivity (Wildman–Crippen MR) is 110 cm³/mol. The molecule has 2 aliphatic heterocycles. The zero-order valence-electron chi connectivity index (χ0n) is 16.5. The lowest BCUT2D eigenvalue weighted by atomic mass is 10.0. The van der Waals surface area contributed by atoms with Crippen molar-refractivity contribution < 1.29 is 4.79 Å². The quantitative estimate of drug-likeness (QED) is 0.612. The van der Waals surface area contributed by atoms with Crippen molar-refractivity contribution in [1.29, 1.82) is 0 Å². The minimum atomic E-state index is 0.176. The zero-order valence-corrected chi connectivity index (χ0v) is 16.5. The summed E-state index contributed by atoms with van der Waals surface area (Å²) in [6.07, 6.45) is 5.67. The van der Waals surface area contributed by atoms with Gasteiger partial charge in [0.05, 0.1) is 6.54 Å². The van der Waals surface area contributed by atoms with E-state index in [1.807, 2.05) is 4.90 Å². The highest BCUT2D eigenvalue weighted by Crippen LogP contribution is 2.14. The maximum Gasteiger partial charge on any atom is 0.241 e. The number of piperidine rings is 2. The summed E-state index contributed by atoms with van der Waals surface area (Å²) < 4.78 is 0. The molecule has 6 heteroatoms. The van der Waals surface area contributed by atoms with E-state index >= 15 is 0 Å². The Morgan fingerprint density at radius 3 is 2.44 bits per heavy atom. The Morgan fingerprint density at radius 1 is 1.07 bits per heavy atom. The number of nitrogens with one attached hydrogen (secondary N) is 2. The van der Waals surface area contributed by atoms with Crippen LogP contribution < -0.4 is 10.6 Å². The molecule has 2 N–H and O–H groups in total. The third kappa shape index (κ3) is 6.24. The fourth-order valence-corrected chi connectivity index (χ4v) is 3.88. The Balaban J connectivity index is 1.37. The number of likely N-dealkylation sites (tertiary alicyclic amines) is 2. The van der Waals surface area contributed by atoms with E-state index in [0.29, 0.717) is 12.6 Å². The van der Waals surface area contributed by atoms with Crippen molar-refractivity contribution in [3.8, 4) is 0 Å². The van der Waals surface area contributed by atoms with Gasteiger partial charge >= 0.3 is 0 Å². The van der Waals surface area contributed by atoms with Crippen LogP contribution in [-0.2, 0) is 11.3 Å². The summed E-state index contributed by atoms with van der Waals surface area (Å²) in [5.41, 5.74) is 1.37. The first-order valence-electron chi connectivity index (χ1n) is 10.3. The zero-order chi connectivity index (χ0) is 18.9. The molecule has 0 aliphatic carbocycles. The molecule has 0 aromatic heterocycles. The van der Waals surface area contributed by atoms with Gasteiger partial charge in [0.1, 0.15) is 0 Å². The first kappa shape index (κ1) is 19.7. The van der Waals surface area contributed by atoms with E-state index in [1.54, 1.807) is 7.05 Å². The first-order valence-corrected chi connectivity index (χ1v) is 10.3. The van der Waals surface area contributed by atoms with Gasteiger partial charge in [0.2, 0.25) is 5.91 Å². The van der Waals surface area contributed by atoms with Crippen molar-refractivity contribution in [1.82, 2.24) is 20.4 Å². The normalized spacial score (nSPS) is 19.7. The van der Waals surface area contributed by atoms with E-state index in [4.69, 9.17) is 0 Å². The smallest absolute Gasteiger partial charge is 0.241 e. The van der Waals surface area contributed by atoms with Crippen LogP contribution >= 0.6 is 0 Å². The number of aliphatic imine (C=N–C) groups is 1. The molecule has 0 radical (unpaired) electrons. The van der Waals surface area contributed by atoms with Crippen LogP contribution in [0.1, 0.15) is 37.7 Å². The number of hydrogen-bond donors (Lipinski definition) is 2. The van der Waals surface area contributed by atoms with Gasteiger partial charge in [-0.1, -0.05) is 30.3 Å². The van der Waals surface area contributed by atoms with E-state index in [1.165, 1.54) is 12.0 Å². The topological polar surface area (TPSA) is 60.0 Å². The number of carbonyl (C=O) groups excluding carboxylic acids is 1. The number of benzene rings is 1. The molecule has 2 aliphatic rings. The lowest BCUT2D eigenvalue weighted by Crippen LogP contribution is -2.51. The van der Waals surface area contributed by atoms with Crippen molar-refractivity contribution in [3.05, 3.63) is 35.9 Å². The molecule has 0 atom stereocenters. The second-order valence-electron chi connectivity index (χ2n) is 7.55. The SMILES string of the molecule is CN=C(NCC(=O)N1CCCCC1)NC1CCN(Cc2ccccc2)CC1. The molecule has 0 spiro atoms. The molecule has 3 rings (SSSR count). The third-order valence-corrected chi connectivity index (χ3v) is 5.52. The summed E-state index contributed by atoms with van der Waals surface area (Å²) >= 11 is 0. The van der Waals surface area contributed by atoms with Crippen LogP contribution in [0.3, 0.4) is 0 Å². The van der Waals surface area contributed by atoms with E-state index in [9.17, 15) is 4.79 Å². The van der Waals surface area contributed by atoms with Crippen molar-refractivity contribution >= 4 is 11.9 Å². The van der Waals surface area contributed by atoms with E-state index in [2.05, 4.69) is 50.9 Å². The van der Waals surface area contributed by atoms with Crippen LogP contribution in [0.4, 0.5) is 0 Å². The highest BCUT2D eigenvalue weighted by molar-refractivity contribution is 5.86. The number of guanidine groups is 1. The molecule has 6 nitrogen and oxygen atoms in total. The van der Waals surface area contributed by atoms with Gasteiger partial charge in [-0.05, 0) is 37.7 Å². The number of carbonyl (C=O) groups is 1. The van der Waals surface area contributed by atoms with Crippen LogP contribution in [-0.4, -0.2) is 67.5 Å². The molecule has 1 amide bonds. The highest BCUT2D eigenvalue weighted by atomic mass is 16.2. The van der Waals surface area contributed by atoms with Gasteiger partial charge in [0.15, 0.2) is 5.96 Å². The second kappa shape index (κ2) is 10.3. The molecular formula is C21H33N5O. The average molecular weight is 372 g/mol. The molecule has 27 heavy (non-hydrogen) atoms. The van der Waals surface area contributed by atoms with Gasteiger partial charge in [0.25, 0.3) is 0 Å². The number of nitrogens with zero attached hydrogens (tertiary/aromatic N) is 3. The van der Waals surface area contributed by atoms with Crippen molar-refractivity contribution in [2.24, 2.45) is 4.99 Å². The standard InChI is InChI=1S/C21H33N5O/c1-22-21(23-16-20(27)26-12-6-3-7-13-26)24-19-10-14-25(15-11-19)17-18-8-4-2-5-9-18/h2,4-5,8-9,19H,3,6-7,10-17H2,1H3,(H2,22,23,24). The molecule has 1 aromatic rings. The van der Waals surface area contributed by atoms with Gasteiger partial charge in [-0.3, -0.25) is 14.7 Å². The maximum atomic E-state index is 12.3. The lowest BCUT2D eigenvalue weighted by molar-refractivity contribution is -0.130. The van der Waals surface area contributed by atoms with Crippen LogP contribution in [0.15, 0.2) is 35.3 Å². The Bertz CT molecular complexity index is 604. The second-order valence-corrected chi connectivity index (χ2v) is 7.55. The van der Waals surface area contributed by atoms with Crippen LogP contribution in [0, 0.1) is 0 Å². The van der Waals surface area contributed by atoms with Crippen LogP contribution in [0.5, 0.6) is 0 Å². The van der Waals surface area contributed by atoms with Crippen LogP contribution in [0.25, 0.3) is 0 Å². The van der Waals surface area contributed by atoms with Crippen molar-refractivity contribution in [2.45, 2.75) is 44.7 Å². The summed E-state index contributed by atoms with van der Waals surface area (Å²) in [7, 11) is 1.77. The average Bonchev–Trinajstić information content (AvgIpc) is 2.73. The van der Waals surface area contributed by atoms with Gasteiger partial charge in [0, 0.05) is 45.8 Å². The first-order chi connectivity index (χ1) is 13.2. The third-order valence-electron chi connectivity index (χ3n) is 5.52. The highest BCUT2D eigenvalue weighted by Gasteiger charge is 2.21. The summed E-state index contributed by atoms with van der Waals surface area (Å²) in [5, 5.41) is 6.69. The van der Waals surface area contributed by atoms with E-state index in [0.717, 1.165) is 64.4 Å². The summed E-state index contributed by atoms with van der Waals surface area (Å²) in [5.74, 6) is 0.914. The van der Waals surface area contributed by atoms with Crippen LogP contribution in [0.2, 0.25) is 0 Å². The minimum absolute atomic E-state index is 0.176.